The molecule has 3 rings (SSSR count). The lowest BCUT2D eigenvalue weighted by molar-refractivity contribution is 0.294. The number of aromatic nitrogens is 2. The molecule has 0 radical (unpaired) electrons. The van der Waals surface area contributed by atoms with Gasteiger partial charge in [-0.25, -0.2) is 10.4 Å². The smallest absolute Gasteiger partial charge is 0.252 e. The first kappa shape index (κ1) is 19.2. The molecule has 0 aliphatic heterocycles. The van der Waals surface area contributed by atoms with Gasteiger partial charge in [0.25, 0.3) is 5.56 Å². The Labute approximate surface area is 163 Å². The zero-order chi connectivity index (χ0) is 19.8. The quantitative estimate of drug-likeness (QED) is 0.461. The third kappa shape index (κ3) is 4.97. The van der Waals surface area contributed by atoms with Crippen LogP contribution in [0.15, 0.2) is 64.5 Å². The summed E-state index contributed by atoms with van der Waals surface area (Å²) in [4.78, 5) is 18.9. The van der Waals surface area contributed by atoms with Crippen LogP contribution in [0.3, 0.4) is 0 Å². The second-order valence-corrected chi connectivity index (χ2v) is 5.97. The van der Waals surface area contributed by atoms with E-state index >= 15 is 0 Å². The Morgan fingerprint density at radius 3 is 2.71 bits per heavy atom. The molecule has 0 fully saturated rings. The van der Waals surface area contributed by atoms with Gasteiger partial charge in [0, 0.05) is 11.6 Å². The topological polar surface area (TPSA) is 88.6 Å². The average molecular weight is 378 g/mol. The molecule has 0 unspecified atom stereocenters. The zero-order valence-electron chi connectivity index (χ0n) is 15.8. The molecule has 2 aromatic carbocycles. The molecule has 0 spiro atoms. The van der Waals surface area contributed by atoms with Crippen molar-refractivity contribution in [2.24, 2.45) is 5.10 Å². The van der Waals surface area contributed by atoms with Crippen molar-refractivity contribution >= 4 is 12.2 Å². The van der Waals surface area contributed by atoms with E-state index in [-0.39, 0.29) is 11.5 Å². The van der Waals surface area contributed by atoms with Crippen LogP contribution in [0.2, 0.25) is 0 Å². The van der Waals surface area contributed by atoms with Gasteiger partial charge >= 0.3 is 0 Å². The normalized spacial score (nSPS) is 10.8. The SMILES string of the molecule is CCCOc1ccc(/C=N\Nc2nc(-c3ccccc3)cc(=O)[nH]2)cc1OC. The van der Waals surface area contributed by atoms with Crippen LogP contribution in [-0.4, -0.2) is 29.9 Å². The summed E-state index contributed by atoms with van der Waals surface area (Å²) in [5.74, 6) is 1.59. The second-order valence-electron chi connectivity index (χ2n) is 5.97. The molecule has 1 aromatic heterocycles. The van der Waals surface area contributed by atoms with Crippen molar-refractivity contribution in [2.75, 3.05) is 19.1 Å². The summed E-state index contributed by atoms with van der Waals surface area (Å²) < 4.78 is 11.0. The van der Waals surface area contributed by atoms with E-state index in [0.29, 0.717) is 23.8 Å². The maximum atomic E-state index is 11.9. The van der Waals surface area contributed by atoms with E-state index in [0.717, 1.165) is 17.5 Å². The molecule has 7 nitrogen and oxygen atoms in total. The van der Waals surface area contributed by atoms with Gasteiger partial charge in [-0.3, -0.25) is 9.78 Å². The average Bonchev–Trinajstić information content (AvgIpc) is 2.73. The minimum atomic E-state index is -0.259. The summed E-state index contributed by atoms with van der Waals surface area (Å²) in [5.41, 5.74) is 4.74. The number of hydrazone groups is 1. The van der Waals surface area contributed by atoms with Crippen LogP contribution < -0.4 is 20.5 Å². The molecule has 28 heavy (non-hydrogen) atoms. The van der Waals surface area contributed by atoms with Crippen LogP contribution in [0, 0.1) is 0 Å². The van der Waals surface area contributed by atoms with E-state index in [1.165, 1.54) is 6.07 Å². The first-order valence-electron chi connectivity index (χ1n) is 8.96. The highest BCUT2D eigenvalue weighted by Gasteiger charge is 2.05. The molecular weight excluding hydrogens is 356 g/mol. The third-order valence-corrected chi connectivity index (χ3v) is 3.84. The number of ether oxygens (including phenoxy) is 2. The fourth-order valence-electron chi connectivity index (χ4n) is 2.53. The van der Waals surface area contributed by atoms with Gasteiger partial charge in [-0.2, -0.15) is 5.10 Å². The number of methoxy groups -OCH3 is 1. The Hall–Kier alpha value is -3.61. The Kier molecular flexibility index (Phi) is 6.41. The summed E-state index contributed by atoms with van der Waals surface area (Å²) in [5, 5.41) is 4.15. The monoisotopic (exact) mass is 378 g/mol. The van der Waals surface area contributed by atoms with Gasteiger partial charge in [-0.1, -0.05) is 37.3 Å². The molecule has 0 saturated carbocycles. The van der Waals surface area contributed by atoms with Crippen molar-refractivity contribution in [3.05, 3.63) is 70.5 Å². The van der Waals surface area contributed by atoms with E-state index in [9.17, 15) is 4.79 Å². The van der Waals surface area contributed by atoms with Gasteiger partial charge in [0.1, 0.15) is 0 Å². The van der Waals surface area contributed by atoms with Crippen molar-refractivity contribution in [3.8, 4) is 22.8 Å². The molecular formula is C21H22N4O3. The molecule has 0 atom stereocenters. The Morgan fingerprint density at radius 2 is 1.96 bits per heavy atom. The van der Waals surface area contributed by atoms with Crippen LogP contribution in [0.25, 0.3) is 11.3 Å². The van der Waals surface area contributed by atoms with E-state index in [1.807, 2.05) is 55.5 Å². The van der Waals surface area contributed by atoms with E-state index in [1.54, 1.807) is 13.3 Å². The van der Waals surface area contributed by atoms with E-state index in [4.69, 9.17) is 9.47 Å². The van der Waals surface area contributed by atoms with Crippen molar-refractivity contribution < 1.29 is 9.47 Å². The standard InChI is InChI=1S/C21H22N4O3/c1-3-11-28-18-10-9-15(12-19(18)27-2)14-22-25-21-23-17(13-20(26)24-21)16-7-5-4-6-8-16/h4-10,12-14H,3,11H2,1-2H3,(H2,23,24,25,26)/b22-14-. The van der Waals surface area contributed by atoms with Gasteiger partial charge in [0.2, 0.25) is 5.95 Å². The van der Waals surface area contributed by atoms with Gasteiger partial charge in [0.15, 0.2) is 11.5 Å². The minimum Gasteiger partial charge on any atom is -0.493 e. The van der Waals surface area contributed by atoms with Crippen LogP contribution in [-0.2, 0) is 0 Å². The Morgan fingerprint density at radius 1 is 1.14 bits per heavy atom. The van der Waals surface area contributed by atoms with Gasteiger partial charge in [-0.15, -0.1) is 0 Å². The maximum absolute atomic E-state index is 11.9. The molecule has 3 aromatic rings. The number of anilines is 1. The van der Waals surface area contributed by atoms with Crippen LogP contribution in [0.4, 0.5) is 5.95 Å². The molecule has 0 bridgehead atoms. The lowest BCUT2D eigenvalue weighted by atomic mass is 10.1. The number of hydrogen-bond donors (Lipinski definition) is 2. The van der Waals surface area contributed by atoms with E-state index in [2.05, 4.69) is 20.5 Å². The number of rotatable bonds is 8. The molecule has 0 aliphatic rings. The fourth-order valence-corrected chi connectivity index (χ4v) is 2.53. The number of nitrogens with zero attached hydrogens (tertiary/aromatic N) is 2. The first-order valence-corrected chi connectivity index (χ1v) is 8.96. The molecule has 1 heterocycles. The summed E-state index contributed by atoms with van der Waals surface area (Å²) in [7, 11) is 1.59. The van der Waals surface area contributed by atoms with E-state index < -0.39 is 0 Å². The fraction of sp³-hybridized carbons (Fsp3) is 0.190. The van der Waals surface area contributed by atoms with Crippen LogP contribution in [0.1, 0.15) is 18.9 Å². The number of aromatic amines is 1. The van der Waals surface area contributed by atoms with Gasteiger partial charge in [0.05, 0.1) is 25.6 Å². The molecule has 2 N–H and O–H groups in total. The third-order valence-electron chi connectivity index (χ3n) is 3.84. The minimum absolute atomic E-state index is 0.259. The summed E-state index contributed by atoms with van der Waals surface area (Å²) in [6, 6.07) is 16.5. The molecule has 144 valence electrons. The first-order chi connectivity index (χ1) is 13.7. The van der Waals surface area contributed by atoms with Crippen molar-refractivity contribution in [3.63, 3.8) is 0 Å². The molecule has 0 aliphatic carbocycles. The van der Waals surface area contributed by atoms with Crippen LogP contribution >= 0.6 is 0 Å². The van der Waals surface area contributed by atoms with Gasteiger partial charge < -0.3 is 9.47 Å². The predicted molar refractivity (Wildman–Crippen MR) is 110 cm³/mol. The van der Waals surface area contributed by atoms with Crippen molar-refractivity contribution in [1.29, 1.82) is 0 Å². The number of hydrogen-bond acceptors (Lipinski definition) is 6. The second kappa shape index (κ2) is 9.36. The number of nitrogens with one attached hydrogen (secondary N) is 2. The lowest BCUT2D eigenvalue weighted by Crippen LogP contribution is -2.10. The lowest BCUT2D eigenvalue weighted by Gasteiger charge is -2.10. The molecule has 0 saturated heterocycles. The van der Waals surface area contributed by atoms with Gasteiger partial charge in [-0.05, 0) is 30.2 Å². The van der Waals surface area contributed by atoms with Crippen molar-refractivity contribution in [1.82, 2.24) is 9.97 Å². The summed E-state index contributed by atoms with van der Waals surface area (Å²) in [6.45, 7) is 2.67. The summed E-state index contributed by atoms with van der Waals surface area (Å²) in [6.07, 6.45) is 2.53. The van der Waals surface area contributed by atoms with Crippen LogP contribution in [0.5, 0.6) is 11.5 Å². The highest BCUT2D eigenvalue weighted by atomic mass is 16.5. The highest BCUT2D eigenvalue weighted by Crippen LogP contribution is 2.27. The predicted octanol–water partition coefficient (Wildman–Crippen LogP) is 3.68. The molecule has 7 heteroatoms. The van der Waals surface area contributed by atoms with Crippen molar-refractivity contribution in [2.45, 2.75) is 13.3 Å². The Bertz CT molecular complexity index is 1000. The largest absolute Gasteiger partial charge is 0.493 e. The highest BCUT2D eigenvalue weighted by molar-refractivity contribution is 5.81. The summed E-state index contributed by atoms with van der Waals surface area (Å²) >= 11 is 0. The number of H-pyrrole nitrogens is 1. The maximum Gasteiger partial charge on any atom is 0.252 e. The Balaban J connectivity index is 1.74. The number of benzene rings is 2. The zero-order valence-corrected chi connectivity index (χ0v) is 15.8. The molecule has 0 amide bonds.